The Balaban J connectivity index is 1.62. The quantitative estimate of drug-likeness (QED) is 0.329. The molecule has 30 heavy (non-hydrogen) atoms. The zero-order chi connectivity index (χ0) is 21.7. The molecule has 1 heterocycles. The van der Waals surface area contributed by atoms with Crippen molar-refractivity contribution in [2.75, 3.05) is 18.8 Å². The van der Waals surface area contributed by atoms with Crippen molar-refractivity contribution < 1.29 is 13.5 Å². The highest BCUT2D eigenvalue weighted by atomic mass is 32.2. The van der Waals surface area contributed by atoms with E-state index in [-0.39, 0.29) is 23.3 Å². The third kappa shape index (κ3) is 5.37. The van der Waals surface area contributed by atoms with Crippen molar-refractivity contribution in [2.45, 2.75) is 36.8 Å². The molecular weight excluding hydrogens is 402 g/mol. The number of imidazole rings is 1. The summed E-state index contributed by atoms with van der Waals surface area (Å²) in [5.41, 5.74) is 7.96. The van der Waals surface area contributed by atoms with Gasteiger partial charge in [-0.2, -0.15) is 0 Å². The van der Waals surface area contributed by atoms with Gasteiger partial charge in [0.2, 0.25) is 0 Å². The summed E-state index contributed by atoms with van der Waals surface area (Å²) in [5, 5.41) is 15.7. The Labute approximate surface area is 176 Å². The highest BCUT2D eigenvalue weighted by Gasteiger charge is 2.30. The Morgan fingerprint density at radius 3 is 2.57 bits per heavy atom. The van der Waals surface area contributed by atoms with Crippen LogP contribution in [-0.4, -0.2) is 48.1 Å². The Morgan fingerprint density at radius 2 is 1.87 bits per heavy atom. The number of aromatic nitrogens is 2. The number of nitrogens with zero attached hydrogens (tertiary/aromatic N) is 1. The number of aromatic amines is 1. The molecule has 3 aromatic rings. The zero-order valence-electron chi connectivity index (χ0n) is 17.2. The number of fused-ring (bicyclic) bond motifs is 1. The van der Waals surface area contributed by atoms with Crippen molar-refractivity contribution >= 4 is 26.8 Å². The van der Waals surface area contributed by atoms with E-state index in [1.165, 1.54) is 6.07 Å². The maximum atomic E-state index is 13.2. The number of nitrogens with one attached hydrogen (secondary N) is 3. The average molecular weight is 432 g/mol. The summed E-state index contributed by atoms with van der Waals surface area (Å²) in [6.45, 7) is 4.82. The van der Waals surface area contributed by atoms with Crippen molar-refractivity contribution in [3.05, 3.63) is 54.1 Å². The maximum Gasteiger partial charge on any atom is 0.198 e. The van der Waals surface area contributed by atoms with Crippen LogP contribution < -0.4 is 16.4 Å². The molecule has 0 spiro atoms. The number of aliphatic hydroxyl groups is 1. The van der Waals surface area contributed by atoms with E-state index in [9.17, 15) is 13.5 Å². The molecule has 2 aromatic carbocycles. The summed E-state index contributed by atoms with van der Waals surface area (Å²) in [5.74, 6) is 0.0474. The number of anilines is 1. The van der Waals surface area contributed by atoms with Crippen LogP contribution >= 0.6 is 0 Å². The largest absolute Gasteiger partial charge is 0.390 e. The van der Waals surface area contributed by atoms with Gasteiger partial charge in [-0.3, -0.25) is 5.32 Å². The Bertz CT molecular complexity index is 1070. The van der Waals surface area contributed by atoms with E-state index in [0.717, 1.165) is 5.56 Å². The molecule has 0 aliphatic carbocycles. The normalized spacial score (nSPS) is 14.3. The number of H-pyrrole nitrogens is 1. The lowest BCUT2D eigenvalue weighted by Gasteiger charge is -2.24. The first kappa shape index (κ1) is 22.2. The van der Waals surface area contributed by atoms with E-state index >= 15 is 0 Å². The fourth-order valence-electron chi connectivity index (χ4n) is 3.34. The number of hydrogen-bond donors (Lipinski definition) is 5. The number of nitrogens with two attached hydrogens (primary N) is 1. The van der Waals surface area contributed by atoms with Gasteiger partial charge in [0, 0.05) is 19.6 Å². The lowest BCUT2D eigenvalue weighted by molar-refractivity contribution is 0.165. The third-order valence-corrected chi connectivity index (χ3v) is 7.14. The average Bonchev–Trinajstić information content (AvgIpc) is 3.07. The second-order valence-corrected chi connectivity index (χ2v) is 9.76. The smallest absolute Gasteiger partial charge is 0.198 e. The van der Waals surface area contributed by atoms with E-state index in [0.29, 0.717) is 24.1 Å². The number of sulfone groups is 1. The van der Waals surface area contributed by atoms with Gasteiger partial charge in [0.05, 0.1) is 22.0 Å². The molecule has 0 saturated carbocycles. The fourth-order valence-corrected chi connectivity index (χ4v) is 5.20. The van der Waals surface area contributed by atoms with Crippen LogP contribution in [0.1, 0.15) is 19.4 Å². The van der Waals surface area contributed by atoms with Crippen LogP contribution in [0.2, 0.25) is 0 Å². The van der Waals surface area contributed by atoms with Crippen LogP contribution in [0, 0.1) is 5.92 Å². The van der Waals surface area contributed by atoms with Gasteiger partial charge in [0.25, 0.3) is 0 Å². The van der Waals surface area contributed by atoms with Crippen LogP contribution in [-0.2, 0) is 16.4 Å². The van der Waals surface area contributed by atoms with Gasteiger partial charge in [-0.05, 0) is 29.7 Å². The molecule has 8 nitrogen and oxygen atoms in total. The van der Waals surface area contributed by atoms with Crippen molar-refractivity contribution in [1.82, 2.24) is 20.6 Å². The van der Waals surface area contributed by atoms with Crippen molar-refractivity contribution in [2.24, 2.45) is 5.92 Å². The number of benzene rings is 2. The molecule has 0 aliphatic rings. The summed E-state index contributed by atoms with van der Waals surface area (Å²) >= 11 is 0. The molecular formula is C21H29N5O3S. The highest BCUT2D eigenvalue weighted by Crippen LogP contribution is 2.23. The van der Waals surface area contributed by atoms with Gasteiger partial charge in [-0.25, -0.2) is 13.4 Å². The van der Waals surface area contributed by atoms with Gasteiger partial charge in [0.15, 0.2) is 15.8 Å². The van der Waals surface area contributed by atoms with Crippen LogP contribution in [0.4, 0.5) is 5.95 Å². The maximum absolute atomic E-state index is 13.2. The van der Waals surface area contributed by atoms with Gasteiger partial charge >= 0.3 is 0 Å². The molecule has 1 unspecified atom stereocenters. The van der Waals surface area contributed by atoms with Crippen LogP contribution in [0.3, 0.4) is 0 Å². The molecule has 6 N–H and O–H groups in total. The Kier molecular flexibility index (Phi) is 7.09. The lowest BCUT2D eigenvalue weighted by Crippen LogP contribution is -2.46. The van der Waals surface area contributed by atoms with Gasteiger partial charge in [-0.1, -0.05) is 44.2 Å². The summed E-state index contributed by atoms with van der Waals surface area (Å²) in [7, 11) is -3.67. The van der Waals surface area contributed by atoms with Crippen LogP contribution in [0.5, 0.6) is 0 Å². The number of hydrogen-bond acceptors (Lipinski definition) is 7. The van der Waals surface area contributed by atoms with Crippen LogP contribution in [0.25, 0.3) is 11.0 Å². The zero-order valence-corrected chi connectivity index (χ0v) is 18.0. The van der Waals surface area contributed by atoms with E-state index in [4.69, 9.17) is 5.73 Å². The monoisotopic (exact) mass is 431 g/mol. The molecule has 0 bridgehead atoms. The molecule has 3 rings (SSSR count). The minimum Gasteiger partial charge on any atom is -0.390 e. The summed E-state index contributed by atoms with van der Waals surface area (Å²) in [6, 6.07) is 14.6. The molecule has 1 aromatic heterocycles. The van der Waals surface area contributed by atoms with Gasteiger partial charge < -0.3 is 21.1 Å². The first-order valence-corrected chi connectivity index (χ1v) is 11.5. The first-order valence-electron chi connectivity index (χ1n) is 9.92. The first-order chi connectivity index (χ1) is 14.3. The summed E-state index contributed by atoms with van der Waals surface area (Å²) in [4.78, 5) is 7.14. The minimum atomic E-state index is -3.67. The van der Waals surface area contributed by atoms with Crippen molar-refractivity contribution in [1.29, 1.82) is 0 Å². The van der Waals surface area contributed by atoms with Crippen molar-refractivity contribution in [3.8, 4) is 0 Å². The Hall–Kier alpha value is -2.46. The lowest BCUT2D eigenvalue weighted by atomic mass is 10.2. The molecule has 0 saturated heterocycles. The number of nitrogen functional groups attached to an aromatic ring is 1. The van der Waals surface area contributed by atoms with E-state index in [2.05, 4.69) is 20.6 Å². The minimum absolute atomic E-state index is 0.156. The van der Waals surface area contributed by atoms with Gasteiger partial charge in [-0.15, -0.1) is 0 Å². The van der Waals surface area contributed by atoms with Gasteiger partial charge in [0.1, 0.15) is 5.37 Å². The molecule has 2 atom stereocenters. The van der Waals surface area contributed by atoms with E-state index in [1.54, 1.807) is 12.1 Å². The molecule has 0 amide bonds. The fraction of sp³-hybridized carbons (Fsp3) is 0.381. The van der Waals surface area contributed by atoms with E-state index in [1.807, 2.05) is 44.2 Å². The predicted molar refractivity (Wildman–Crippen MR) is 118 cm³/mol. The summed E-state index contributed by atoms with van der Waals surface area (Å²) in [6.07, 6.45) is -0.722. The highest BCUT2D eigenvalue weighted by molar-refractivity contribution is 7.92. The number of rotatable bonds is 10. The third-order valence-electron chi connectivity index (χ3n) is 4.85. The molecule has 9 heteroatoms. The molecule has 0 aliphatic heterocycles. The standard InChI is InChI=1S/C21H29N5O3S/c1-14(2)20(24-13-16(27)12-23-11-15-6-4-3-5-7-15)30(28,29)17-8-9-18-19(10-17)26-21(22)25-18/h3-10,14,16,20,23-24,27H,11-13H2,1-2H3,(H3,22,25,26)/t16-,20?/m1/s1. The molecule has 0 radical (unpaired) electrons. The van der Waals surface area contributed by atoms with E-state index < -0.39 is 21.3 Å². The number of aliphatic hydroxyl groups excluding tert-OH is 1. The SMILES string of the molecule is CC(C)C(NC[C@H](O)CNCc1ccccc1)S(=O)(=O)c1ccc2nc(N)[nH]c2c1. The van der Waals surface area contributed by atoms with Crippen LogP contribution in [0.15, 0.2) is 53.4 Å². The Morgan fingerprint density at radius 1 is 1.13 bits per heavy atom. The predicted octanol–water partition coefficient (Wildman–Crippen LogP) is 1.64. The second-order valence-electron chi connectivity index (χ2n) is 7.69. The van der Waals surface area contributed by atoms with Crippen molar-refractivity contribution in [3.63, 3.8) is 0 Å². The summed E-state index contributed by atoms with van der Waals surface area (Å²) < 4.78 is 26.4. The topological polar surface area (TPSA) is 133 Å². The molecule has 0 fully saturated rings. The molecule has 162 valence electrons. The second kappa shape index (κ2) is 9.57.